The average Bonchev–Trinajstić information content (AvgIpc) is 3.20. The summed E-state index contributed by atoms with van der Waals surface area (Å²) in [4.78, 5) is 3.32. The molecule has 0 aliphatic heterocycles. The van der Waals surface area contributed by atoms with Crippen LogP contribution >= 0.6 is 35.6 Å². The number of methoxy groups -OCH3 is 1. The third-order valence-corrected chi connectivity index (χ3v) is 5.95. The van der Waals surface area contributed by atoms with Gasteiger partial charge in [0, 0.05) is 39.3 Å². The Morgan fingerprint density at radius 1 is 0.938 bits per heavy atom. The first-order valence-electron chi connectivity index (χ1n) is 10.1. The van der Waals surface area contributed by atoms with E-state index in [2.05, 4.69) is 34.7 Å². The van der Waals surface area contributed by atoms with Crippen molar-refractivity contribution in [1.29, 1.82) is 0 Å². The predicted octanol–water partition coefficient (Wildman–Crippen LogP) is 6.82. The third-order valence-electron chi connectivity index (χ3n) is 5.24. The Bertz CT molecular complexity index is 1160. The molecule has 3 aromatic carbocycles. The zero-order valence-electron chi connectivity index (χ0n) is 17.7. The number of H-pyrrole nitrogens is 1. The maximum Gasteiger partial charge on any atom is 0.161 e. The minimum atomic E-state index is 0. The van der Waals surface area contributed by atoms with Gasteiger partial charge in [-0.25, -0.2) is 0 Å². The van der Waals surface area contributed by atoms with E-state index in [0.29, 0.717) is 21.5 Å². The van der Waals surface area contributed by atoms with Crippen molar-refractivity contribution < 1.29 is 9.47 Å². The van der Waals surface area contributed by atoms with Crippen LogP contribution in [0.2, 0.25) is 10.0 Å². The van der Waals surface area contributed by atoms with Crippen LogP contribution in [0, 0.1) is 0 Å². The van der Waals surface area contributed by atoms with Gasteiger partial charge in [-0.3, -0.25) is 0 Å². The van der Waals surface area contributed by atoms with Crippen LogP contribution in [-0.4, -0.2) is 18.6 Å². The van der Waals surface area contributed by atoms with Crippen LogP contribution in [0.25, 0.3) is 10.9 Å². The molecule has 168 valence electrons. The quantitative estimate of drug-likeness (QED) is 0.253. The lowest BCUT2D eigenvalue weighted by Gasteiger charge is -2.14. The lowest BCUT2D eigenvalue weighted by molar-refractivity contribution is 0.284. The van der Waals surface area contributed by atoms with Gasteiger partial charge in [0.25, 0.3) is 0 Å². The second-order valence-electron chi connectivity index (χ2n) is 7.26. The molecule has 32 heavy (non-hydrogen) atoms. The van der Waals surface area contributed by atoms with Gasteiger partial charge in [-0.15, -0.1) is 12.4 Å². The van der Waals surface area contributed by atoms with Gasteiger partial charge in [0.05, 0.1) is 7.11 Å². The largest absolute Gasteiger partial charge is 0.493 e. The lowest BCUT2D eigenvalue weighted by atomic mass is 10.1. The fraction of sp³-hybridized carbons (Fsp3) is 0.200. The summed E-state index contributed by atoms with van der Waals surface area (Å²) < 4.78 is 11.5. The van der Waals surface area contributed by atoms with E-state index in [1.54, 1.807) is 19.2 Å². The number of hydrogen-bond donors (Lipinski definition) is 2. The van der Waals surface area contributed by atoms with E-state index in [9.17, 15) is 0 Å². The second-order valence-corrected chi connectivity index (χ2v) is 8.07. The van der Waals surface area contributed by atoms with Crippen molar-refractivity contribution in [2.75, 3.05) is 13.7 Å². The van der Waals surface area contributed by atoms with Crippen molar-refractivity contribution in [2.45, 2.75) is 19.6 Å². The molecule has 2 N–H and O–H groups in total. The van der Waals surface area contributed by atoms with Crippen molar-refractivity contribution >= 4 is 46.5 Å². The Morgan fingerprint density at radius 3 is 2.50 bits per heavy atom. The van der Waals surface area contributed by atoms with Crippen molar-refractivity contribution in [1.82, 2.24) is 10.3 Å². The number of halogens is 3. The fourth-order valence-corrected chi connectivity index (χ4v) is 4.06. The number of hydrogen-bond acceptors (Lipinski definition) is 3. The lowest BCUT2D eigenvalue weighted by Crippen LogP contribution is -2.16. The van der Waals surface area contributed by atoms with Crippen LogP contribution < -0.4 is 14.8 Å². The fourth-order valence-electron chi connectivity index (χ4n) is 3.56. The average molecular weight is 492 g/mol. The highest BCUT2D eigenvalue weighted by Crippen LogP contribution is 2.31. The van der Waals surface area contributed by atoms with Gasteiger partial charge in [0.1, 0.15) is 6.61 Å². The number of benzene rings is 3. The first-order valence-corrected chi connectivity index (χ1v) is 10.9. The molecule has 0 aliphatic carbocycles. The van der Waals surface area contributed by atoms with Gasteiger partial charge in [-0.05, 0) is 54.4 Å². The molecule has 1 heterocycles. The Balaban J connectivity index is 0.00000289. The highest BCUT2D eigenvalue weighted by molar-refractivity contribution is 6.35. The smallest absolute Gasteiger partial charge is 0.161 e. The van der Waals surface area contributed by atoms with E-state index < -0.39 is 0 Å². The monoisotopic (exact) mass is 490 g/mol. The van der Waals surface area contributed by atoms with E-state index in [-0.39, 0.29) is 19.0 Å². The molecule has 0 saturated heterocycles. The number of aromatic amines is 1. The summed E-state index contributed by atoms with van der Waals surface area (Å²) in [5.74, 6) is 1.33. The Labute approximate surface area is 204 Å². The van der Waals surface area contributed by atoms with Gasteiger partial charge in [0.15, 0.2) is 11.5 Å². The van der Waals surface area contributed by atoms with Gasteiger partial charge >= 0.3 is 0 Å². The van der Waals surface area contributed by atoms with Crippen LogP contribution in [0.4, 0.5) is 0 Å². The minimum Gasteiger partial charge on any atom is -0.493 e. The van der Waals surface area contributed by atoms with Crippen LogP contribution in [0.1, 0.15) is 16.7 Å². The predicted molar refractivity (Wildman–Crippen MR) is 135 cm³/mol. The Kier molecular flexibility index (Phi) is 8.71. The molecule has 1 aromatic heterocycles. The van der Waals surface area contributed by atoms with Crippen molar-refractivity contribution in [2.24, 2.45) is 0 Å². The normalized spacial score (nSPS) is 10.7. The molecule has 0 bridgehead atoms. The molecule has 0 unspecified atom stereocenters. The first kappa shape index (κ1) is 24.3. The van der Waals surface area contributed by atoms with E-state index in [4.69, 9.17) is 32.7 Å². The van der Waals surface area contributed by atoms with E-state index >= 15 is 0 Å². The molecule has 0 amide bonds. The van der Waals surface area contributed by atoms with E-state index in [0.717, 1.165) is 30.6 Å². The highest BCUT2D eigenvalue weighted by atomic mass is 35.5. The van der Waals surface area contributed by atoms with Gasteiger partial charge in [0.2, 0.25) is 0 Å². The molecular weight excluding hydrogens is 467 g/mol. The molecule has 0 radical (unpaired) electrons. The summed E-state index contributed by atoms with van der Waals surface area (Å²) >= 11 is 12.5. The number of fused-ring (bicyclic) bond motifs is 1. The number of ether oxygens (including phenoxy) is 2. The minimum absolute atomic E-state index is 0. The van der Waals surface area contributed by atoms with Crippen molar-refractivity contribution in [3.63, 3.8) is 0 Å². The highest BCUT2D eigenvalue weighted by Gasteiger charge is 2.10. The molecular formula is C25H25Cl3N2O2. The van der Waals surface area contributed by atoms with Crippen LogP contribution in [0.5, 0.6) is 11.5 Å². The number of nitrogens with one attached hydrogen (secondary N) is 2. The maximum absolute atomic E-state index is 6.23. The zero-order valence-corrected chi connectivity index (χ0v) is 20.0. The molecule has 0 aliphatic rings. The Morgan fingerprint density at radius 2 is 1.72 bits per heavy atom. The molecule has 0 saturated carbocycles. The summed E-state index contributed by atoms with van der Waals surface area (Å²) in [6, 6.07) is 19.7. The second kappa shape index (κ2) is 11.5. The summed E-state index contributed by atoms with van der Waals surface area (Å²) in [5, 5.41) is 5.96. The van der Waals surface area contributed by atoms with E-state index in [1.165, 1.54) is 16.5 Å². The van der Waals surface area contributed by atoms with Gasteiger partial charge < -0.3 is 19.8 Å². The van der Waals surface area contributed by atoms with Gasteiger partial charge in [-0.2, -0.15) is 0 Å². The summed E-state index contributed by atoms with van der Waals surface area (Å²) in [6.45, 7) is 1.90. The SMILES string of the molecule is COc1cc(CNCCc2c[nH]c3ccccc23)ccc1OCc1c(Cl)cccc1Cl.Cl. The van der Waals surface area contributed by atoms with Crippen LogP contribution in [0.15, 0.2) is 66.9 Å². The number of aromatic nitrogens is 1. The van der Waals surface area contributed by atoms with Crippen LogP contribution in [-0.2, 0) is 19.6 Å². The van der Waals surface area contributed by atoms with Gasteiger partial charge in [-0.1, -0.05) is 53.5 Å². The third kappa shape index (κ3) is 5.70. The first-order chi connectivity index (χ1) is 15.2. The summed E-state index contributed by atoms with van der Waals surface area (Å²) in [7, 11) is 1.64. The van der Waals surface area contributed by atoms with Crippen molar-refractivity contribution in [3.8, 4) is 11.5 Å². The summed E-state index contributed by atoms with van der Waals surface area (Å²) in [6.07, 6.45) is 3.05. The molecule has 4 rings (SSSR count). The molecule has 4 nitrogen and oxygen atoms in total. The maximum atomic E-state index is 6.23. The topological polar surface area (TPSA) is 46.3 Å². The Hall–Kier alpha value is -2.37. The molecule has 7 heteroatoms. The molecule has 0 fully saturated rings. The van der Waals surface area contributed by atoms with Crippen molar-refractivity contribution in [3.05, 3.63) is 93.6 Å². The molecule has 0 spiro atoms. The number of para-hydroxylation sites is 1. The number of rotatable bonds is 9. The summed E-state index contributed by atoms with van der Waals surface area (Å²) in [5.41, 5.74) is 4.38. The zero-order chi connectivity index (χ0) is 21.6. The molecule has 4 aromatic rings. The van der Waals surface area contributed by atoms with E-state index in [1.807, 2.05) is 30.3 Å². The standard InChI is InChI=1S/C25H24Cl2N2O2.ClH/c1-30-25-13-17(9-10-24(25)31-16-20-21(26)6-4-7-22(20)27)14-28-12-11-18-15-29-23-8-3-2-5-19(18)23;/h2-10,13,15,28-29H,11-12,14,16H2,1H3;1H. The molecule has 0 atom stereocenters. The van der Waals surface area contributed by atoms with Crippen LogP contribution in [0.3, 0.4) is 0 Å².